The van der Waals surface area contributed by atoms with E-state index in [1.54, 1.807) is 6.92 Å². The molecule has 1 amide bonds. The molecule has 1 aliphatic heterocycles. The maximum atomic E-state index is 13.9. The minimum atomic E-state index is -0.693. The molecule has 1 aliphatic carbocycles. The van der Waals surface area contributed by atoms with Crippen molar-refractivity contribution < 1.29 is 19.0 Å². The lowest BCUT2D eigenvalue weighted by Gasteiger charge is -2.28. The predicted octanol–water partition coefficient (Wildman–Crippen LogP) is 1.75. The molecule has 3 aromatic rings. The molecule has 2 aliphatic rings. The SMILES string of the molecule is Cc1ncn(-c2cc(F)ccc2CNC(=O)c2nc3n(c(=O)c2O)CCOCC32CCCC2)n1. The summed E-state index contributed by atoms with van der Waals surface area (Å²) in [5.41, 5.74) is -0.404. The zero-order valence-electron chi connectivity index (χ0n) is 18.8. The Kier molecular flexibility index (Phi) is 5.64. The number of aromatic nitrogens is 5. The average Bonchev–Trinajstić information content (AvgIpc) is 3.43. The topological polar surface area (TPSA) is 124 Å². The van der Waals surface area contributed by atoms with E-state index in [0.717, 1.165) is 25.7 Å². The fraction of sp³-hybridized carbons (Fsp3) is 0.435. The van der Waals surface area contributed by atoms with Crippen LogP contribution in [-0.2, 0) is 23.2 Å². The van der Waals surface area contributed by atoms with Crippen LogP contribution in [0.2, 0.25) is 0 Å². The molecule has 34 heavy (non-hydrogen) atoms. The zero-order chi connectivity index (χ0) is 23.9. The highest BCUT2D eigenvalue weighted by atomic mass is 19.1. The molecule has 2 aromatic heterocycles. The molecule has 0 atom stereocenters. The highest BCUT2D eigenvalue weighted by Crippen LogP contribution is 2.41. The van der Waals surface area contributed by atoms with Gasteiger partial charge in [-0.3, -0.25) is 14.2 Å². The number of fused-ring (bicyclic) bond motifs is 2. The maximum Gasteiger partial charge on any atom is 0.296 e. The third kappa shape index (κ3) is 3.85. The summed E-state index contributed by atoms with van der Waals surface area (Å²) in [5, 5.41) is 17.5. The predicted molar refractivity (Wildman–Crippen MR) is 118 cm³/mol. The van der Waals surface area contributed by atoms with Crippen LogP contribution in [0.5, 0.6) is 5.75 Å². The number of aryl methyl sites for hydroxylation is 1. The van der Waals surface area contributed by atoms with E-state index in [0.29, 0.717) is 36.1 Å². The molecule has 1 aromatic carbocycles. The van der Waals surface area contributed by atoms with E-state index in [4.69, 9.17) is 4.74 Å². The Morgan fingerprint density at radius 1 is 1.32 bits per heavy atom. The van der Waals surface area contributed by atoms with Gasteiger partial charge in [-0.25, -0.2) is 19.0 Å². The van der Waals surface area contributed by atoms with Crippen molar-refractivity contribution in [2.45, 2.75) is 51.1 Å². The maximum absolute atomic E-state index is 13.9. The van der Waals surface area contributed by atoms with Gasteiger partial charge in [0, 0.05) is 6.54 Å². The summed E-state index contributed by atoms with van der Waals surface area (Å²) in [7, 11) is 0. The number of benzene rings is 1. The average molecular weight is 468 g/mol. The second-order valence-electron chi connectivity index (χ2n) is 8.82. The summed E-state index contributed by atoms with van der Waals surface area (Å²) in [5.74, 6) is -0.830. The Balaban J connectivity index is 1.46. The lowest BCUT2D eigenvalue weighted by atomic mass is 9.86. The number of halogens is 1. The number of hydrogen-bond acceptors (Lipinski definition) is 7. The Hall–Kier alpha value is -3.60. The molecule has 0 bridgehead atoms. The molecule has 1 spiro atoms. The number of amides is 1. The number of nitrogens with zero attached hydrogens (tertiary/aromatic N) is 5. The van der Waals surface area contributed by atoms with E-state index in [1.165, 1.54) is 33.8 Å². The van der Waals surface area contributed by atoms with Crippen LogP contribution in [0.1, 0.15) is 53.4 Å². The summed E-state index contributed by atoms with van der Waals surface area (Å²) in [6, 6.07) is 4.11. The molecule has 1 fully saturated rings. The first-order chi connectivity index (χ1) is 16.4. The molecular weight excluding hydrogens is 443 g/mol. The van der Waals surface area contributed by atoms with Crippen molar-refractivity contribution >= 4 is 5.91 Å². The summed E-state index contributed by atoms with van der Waals surface area (Å²) in [6.45, 7) is 2.76. The fourth-order valence-corrected chi connectivity index (χ4v) is 4.84. The molecule has 5 rings (SSSR count). The van der Waals surface area contributed by atoms with Crippen LogP contribution in [0.4, 0.5) is 4.39 Å². The number of ether oxygens (including phenoxy) is 1. The summed E-state index contributed by atoms with van der Waals surface area (Å²) in [6.07, 6.45) is 5.04. The van der Waals surface area contributed by atoms with E-state index in [2.05, 4.69) is 20.4 Å². The first kappa shape index (κ1) is 22.2. The molecule has 10 nitrogen and oxygen atoms in total. The summed E-state index contributed by atoms with van der Waals surface area (Å²) >= 11 is 0. The molecule has 0 saturated heterocycles. The van der Waals surface area contributed by atoms with Gasteiger partial charge >= 0.3 is 0 Å². The van der Waals surface area contributed by atoms with Crippen LogP contribution < -0.4 is 10.9 Å². The van der Waals surface area contributed by atoms with Crippen molar-refractivity contribution in [3.63, 3.8) is 0 Å². The van der Waals surface area contributed by atoms with E-state index in [1.807, 2.05) is 0 Å². The minimum Gasteiger partial charge on any atom is -0.501 e. The van der Waals surface area contributed by atoms with Crippen LogP contribution >= 0.6 is 0 Å². The summed E-state index contributed by atoms with van der Waals surface area (Å²) < 4.78 is 22.5. The second-order valence-corrected chi connectivity index (χ2v) is 8.82. The van der Waals surface area contributed by atoms with Gasteiger partial charge < -0.3 is 15.2 Å². The lowest BCUT2D eigenvalue weighted by molar-refractivity contribution is 0.0911. The lowest BCUT2D eigenvalue weighted by Crippen LogP contribution is -2.38. The largest absolute Gasteiger partial charge is 0.501 e. The van der Waals surface area contributed by atoms with Crippen LogP contribution in [0.3, 0.4) is 0 Å². The van der Waals surface area contributed by atoms with Gasteiger partial charge in [0.1, 0.15) is 23.8 Å². The van der Waals surface area contributed by atoms with Gasteiger partial charge in [-0.1, -0.05) is 18.9 Å². The Morgan fingerprint density at radius 3 is 2.85 bits per heavy atom. The number of rotatable bonds is 4. The number of carbonyl (C=O) groups excluding carboxylic acids is 1. The second kappa shape index (κ2) is 8.64. The van der Waals surface area contributed by atoms with E-state index in [9.17, 15) is 19.1 Å². The van der Waals surface area contributed by atoms with Crippen molar-refractivity contribution in [2.24, 2.45) is 0 Å². The molecular formula is C23H25FN6O4. The molecule has 11 heteroatoms. The van der Waals surface area contributed by atoms with E-state index in [-0.39, 0.29) is 18.8 Å². The molecule has 2 N–H and O–H groups in total. The van der Waals surface area contributed by atoms with Crippen molar-refractivity contribution in [3.05, 3.63) is 63.6 Å². The van der Waals surface area contributed by atoms with E-state index < -0.39 is 28.4 Å². The summed E-state index contributed by atoms with van der Waals surface area (Å²) in [4.78, 5) is 34.6. The van der Waals surface area contributed by atoms with Gasteiger partial charge in [0.15, 0.2) is 5.69 Å². The van der Waals surface area contributed by atoms with E-state index >= 15 is 0 Å². The van der Waals surface area contributed by atoms with Crippen molar-refractivity contribution in [1.82, 2.24) is 29.6 Å². The molecule has 0 unspecified atom stereocenters. The number of nitrogens with one attached hydrogen (secondary N) is 1. The van der Waals surface area contributed by atoms with Crippen molar-refractivity contribution in [2.75, 3.05) is 13.2 Å². The molecule has 0 radical (unpaired) electrons. The Bertz CT molecular complexity index is 1310. The minimum absolute atomic E-state index is 0.00114. The van der Waals surface area contributed by atoms with Crippen LogP contribution in [0.25, 0.3) is 5.69 Å². The van der Waals surface area contributed by atoms with Gasteiger partial charge in [-0.05, 0) is 37.5 Å². The van der Waals surface area contributed by atoms with Crippen LogP contribution in [0.15, 0.2) is 29.3 Å². The standard InChI is InChI=1S/C23H25FN6O4/c1-14-26-13-30(28-14)17-10-16(24)5-4-15(17)11-25-20(32)18-19(31)21(33)29-8-9-34-12-23(22(29)27-18)6-2-3-7-23/h4-5,10,13,31H,2-3,6-9,11-12H2,1H3,(H,25,32). The van der Waals surface area contributed by atoms with Crippen LogP contribution in [-0.4, -0.2) is 48.5 Å². The normalized spacial score (nSPS) is 16.9. The Labute approximate surface area is 194 Å². The third-order valence-electron chi connectivity index (χ3n) is 6.57. The van der Waals surface area contributed by atoms with Gasteiger partial charge in [0.2, 0.25) is 5.75 Å². The smallest absolute Gasteiger partial charge is 0.296 e. The quantitative estimate of drug-likeness (QED) is 0.598. The van der Waals surface area contributed by atoms with Gasteiger partial charge in [0.25, 0.3) is 11.5 Å². The first-order valence-corrected chi connectivity index (χ1v) is 11.3. The monoisotopic (exact) mass is 468 g/mol. The highest BCUT2D eigenvalue weighted by Gasteiger charge is 2.42. The van der Waals surface area contributed by atoms with Crippen LogP contribution in [0, 0.1) is 12.7 Å². The van der Waals surface area contributed by atoms with Gasteiger partial charge in [-0.2, -0.15) is 5.10 Å². The third-order valence-corrected chi connectivity index (χ3v) is 6.57. The zero-order valence-corrected chi connectivity index (χ0v) is 18.8. The number of hydrogen-bond donors (Lipinski definition) is 2. The van der Waals surface area contributed by atoms with Crippen molar-refractivity contribution in [1.29, 1.82) is 0 Å². The number of aromatic hydroxyl groups is 1. The highest BCUT2D eigenvalue weighted by molar-refractivity contribution is 5.94. The van der Waals surface area contributed by atoms with Gasteiger partial charge in [-0.15, -0.1) is 0 Å². The molecule has 1 saturated carbocycles. The molecule has 178 valence electrons. The van der Waals surface area contributed by atoms with Gasteiger partial charge in [0.05, 0.1) is 30.9 Å². The molecule has 3 heterocycles. The first-order valence-electron chi connectivity index (χ1n) is 11.3. The number of carbonyl (C=O) groups is 1. The van der Waals surface area contributed by atoms with Crippen molar-refractivity contribution in [3.8, 4) is 11.4 Å². The Morgan fingerprint density at radius 2 is 2.12 bits per heavy atom. The fourth-order valence-electron chi connectivity index (χ4n) is 4.84.